The fourth-order valence-electron chi connectivity index (χ4n) is 2.88. The number of thiocarbonyl (C=S) groups is 1. The number of amides is 2. The second kappa shape index (κ2) is 8.28. The van der Waals surface area contributed by atoms with Crippen molar-refractivity contribution in [2.24, 2.45) is 5.73 Å². The lowest BCUT2D eigenvalue weighted by atomic mass is 10.1. The van der Waals surface area contributed by atoms with Crippen LogP contribution in [0.25, 0.3) is 0 Å². The average Bonchev–Trinajstić information content (AvgIpc) is 3.06. The molecule has 1 aliphatic heterocycles. The zero-order valence-corrected chi connectivity index (χ0v) is 15.8. The first-order chi connectivity index (χ1) is 12.9. The van der Waals surface area contributed by atoms with Gasteiger partial charge in [0.15, 0.2) is 5.82 Å². The lowest BCUT2D eigenvalue weighted by Crippen LogP contribution is -2.50. The van der Waals surface area contributed by atoms with E-state index in [1.165, 1.54) is 0 Å². The Morgan fingerprint density at radius 3 is 2.37 bits per heavy atom. The van der Waals surface area contributed by atoms with Gasteiger partial charge in [0, 0.05) is 43.4 Å². The largest absolute Gasteiger partial charge is 0.389 e. The predicted molar refractivity (Wildman–Crippen MR) is 105 cm³/mol. The Morgan fingerprint density at radius 1 is 1.19 bits per heavy atom. The number of hydrogen-bond donors (Lipinski definition) is 2. The van der Waals surface area contributed by atoms with Gasteiger partial charge in [-0.25, -0.2) is 0 Å². The molecular formula is C18H21N5O3S. The third-order valence-electron chi connectivity index (χ3n) is 4.34. The van der Waals surface area contributed by atoms with E-state index in [1.807, 2.05) is 4.90 Å². The average molecular weight is 387 g/mol. The van der Waals surface area contributed by atoms with Crippen molar-refractivity contribution >= 4 is 34.8 Å². The number of aromatic nitrogens is 1. The van der Waals surface area contributed by atoms with Gasteiger partial charge in [-0.3, -0.25) is 14.5 Å². The topological polar surface area (TPSA) is 105 Å². The standard InChI is InChI=1S/C18H21N5O3S/c1-12-10-15(21-26-12)20-16(24)11-22-6-8-23(9-7-22)18(25)14-4-2-13(3-5-14)17(19)27/h2-5,10H,6-9,11H2,1H3,(H2,19,27)(H,20,21,24). The molecule has 1 saturated heterocycles. The molecule has 2 heterocycles. The van der Waals surface area contributed by atoms with Crippen LogP contribution >= 0.6 is 12.2 Å². The molecule has 142 valence electrons. The monoisotopic (exact) mass is 387 g/mol. The highest BCUT2D eigenvalue weighted by Crippen LogP contribution is 2.11. The second-order valence-corrected chi connectivity index (χ2v) is 6.82. The van der Waals surface area contributed by atoms with Crippen LogP contribution in [0.15, 0.2) is 34.9 Å². The molecule has 8 nitrogen and oxygen atoms in total. The van der Waals surface area contributed by atoms with Gasteiger partial charge in [-0.2, -0.15) is 0 Å². The fourth-order valence-corrected chi connectivity index (χ4v) is 3.02. The van der Waals surface area contributed by atoms with Gasteiger partial charge in [-0.1, -0.05) is 29.5 Å². The SMILES string of the molecule is Cc1cc(NC(=O)CN2CCN(C(=O)c3ccc(C(N)=S)cc3)CC2)no1. The number of benzene rings is 1. The van der Waals surface area contributed by atoms with Gasteiger partial charge in [0.2, 0.25) is 5.91 Å². The molecule has 1 aromatic heterocycles. The predicted octanol–water partition coefficient (Wildman–Crippen LogP) is 1.01. The van der Waals surface area contributed by atoms with Crippen LogP contribution in [-0.2, 0) is 4.79 Å². The minimum Gasteiger partial charge on any atom is -0.389 e. The smallest absolute Gasteiger partial charge is 0.253 e. The third-order valence-corrected chi connectivity index (χ3v) is 4.57. The van der Waals surface area contributed by atoms with Crippen LogP contribution in [0.1, 0.15) is 21.7 Å². The zero-order valence-electron chi connectivity index (χ0n) is 15.0. The Morgan fingerprint density at radius 2 is 1.81 bits per heavy atom. The Labute approximate surface area is 162 Å². The summed E-state index contributed by atoms with van der Waals surface area (Å²) in [5.74, 6) is 0.855. The summed E-state index contributed by atoms with van der Waals surface area (Å²) in [6.07, 6.45) is 0. The summed E-state index contributed by atoms with van der Waals surface area (Å²) in [5.41, 5.74) is 6.91. The minimum atomic E-state index is -0.156. The molecule has 1 aliphatic rings. The molecule has 0 bridgehead atoms. The molecule has 27 heavy (non-hydrogen) atoms. The Kier molecular flexibility index (Phi) is 5.82. The van der Waals surface area contributed by atoms with Crippen LogP contribution in [0.5, 0.6) is 0 Å². The van der Waals surface area contributed by atoms with E-state index < -0.39 is 0 Å². The van der Waals surface area contributed by atoms with E-state index in [4.69, 9.17) is 22.5 Å². The number of nitrogens with zero attached hydrogens (tertiary/aromatic N) is 3. The highest BCUT2D eigenvalue weighted by atomic mass is 32.1. The van der Waals surface area contributed by atoms with E-state index in [1.54, 1.807) is 42.2 Å². The molecule has 0 aliphatic carbocycles. The molecule has 0 unspecified atom stereocenters. The number of nitrogens with two attached hydrogens (primary N) is 1. The van der Waals surface area contributed by atoms with E-state index in [-0.39, 0.29) is 18.4 Å². The zero-order chi connectivity index (χ0) is 19.4. The van der Waals surface area contributed by atoms with Gasteiger partial charge in [0.1, 0.15) is 10.7 Å². The van der Waals surface area contributed by atoms with Gasteiger partial charge in [-0.15, -0.1) is 0 Å². The summed E-state index contributed by atoms with van der Waals surface area (Å²) >= 11 is 4.92. The van der Waals surface area contributed by atoms with Crippen LogP contribution in [0.3, 0.4) is 0 Å². The molecule has 3 rings (SSSR count). The lowest BCUT2D eigenvalue weighted by molar-refractivity contribution is -0.117. The molecule has 0 atom stereocenters. The molecular weight excluding hydrogens is 366 g/mol. The summed E-state index contributed by atoms with van der Waals surface area (Å²) in [6.45, 7) is 4.38. The maximum absolute atomic E-state index is 12.6. The van der Waals surface area contributed by atoms with E-state index in [9.17, 15) is 9.59 Å². The normalized spacial score (nSPS) is 14.8. The van der Waals surface area contributed by atoms with Crippen molar-refractivity contribution in [3.8, 4) is 0 Å². The summed E-state index contributed by atoms with van der Waals surface area (Å²) in [4.78, 5) is 28.8. The summed E-state index contributed by atoms with van der Waals surface area (Å²) < 4.78 is 4.92. The Balaban J connectivity index is 1.48. The third kappa shape index (κ3) is 4.89. The molecule has 9 heteroatoms. The van der Waals surface area contributed by atoms with Crippen LogP contribution in [-0.4, -0.2) is 64.5 Å². The van der Waals surface area contributed by atoms with E-state index in [2.05, 4.69) is 10.5 Å². The van der Waals surface area contributed by atoms with Crippen LogP contribution < -0.4 is 11.1 Å². The molecule has 2 amide bonds. The summed E-state index contributed by atoms with van der Waals surface area (Å²) in [6, 6.07) is 8.63. The number of hydrogen-bond acceptors (Lipinski definition) is 6. The van der Waals surface area contributed by atoms with Gasteiger partial charge < -0.3 is 20.5 Å². The molecule has 0 saturated carbocycles. The number of piperazine rings is 1. The van der Waals surface area contributed by atoms with Crippen LogP contribution in [0.4, 0.5) is 5.82 Å². The molecule has 3 N–H and O–H groups in total. The van der Waals surface area contributed by atoms with Crippen LogP contribution in [0, 0.1) is 6.92 Å². The lowest BCUT2D eigenvalue weighted by Gasteiger charge is -2.34. The van der Waals surface area contributed by atoms with Gasteiger partial charge >= 0.3 is 0 Å². The summed E-state index contributed by atoms with van der Waals surface area (Å²) in [5, 5.41) is 6.44. The van der Waals surface area contributed by atoms with Crippen molar-refractivity contribution in [3.05, 3.63) is 47.2 Å². The summed E-state index contributed by atoms with van der Waals surface area (Å²) in [7, 11) is 0. The molecule has 0 spiro atoms. The van der Waals surface area contributed by atoms with Gasteiger partial charge in [-0.05, 0) is 19.1 Å². The first kappa shape index (κ1) is 19.0. The van der Waals surface area contributed by atoms with Crippen molar-refractivity contribution in [3.63, 3.8) is 0 Å². The van der Waals surface area contributed by atoms with Crippen molar-refractivity contribution in [1.29, 1.82) is 0 Å². The quantitative estimate of drug-likeness (QED) is 0.738. The molecule has 1 fully saturated rings. The fraction of sp³-hybridized carbons (Fsp3) is 0.333. The minimum absolute atomic E-state index is 0.0355. The van der Waals surface area contributed by atoms with Crippen LogP contribution in [0.2, 0.25) is 0 Å². The highest BCUT2D eigenvalue weighted by molar-refractivity contribution is 7.80. The number of rotatable bonds is 5. The van der Waals surface area contributed by atoms with E-state index in [0.717, 1.165) is 5.56 Å². The van der Waals surface area contributed by atoms with Gasteiger partial charge in [0.25, 0.3) is 5.91 Å². The van der Waals surface area contributed by atoms with E-state index in [0.29, 0.717) is 48.3 Å². The number of carbonyl (C=O) groups excluding carboxylic acids is 2. The Hall–Kier alpha value is -2.78. The molecule has 1 aromatic carbocycles. The number of aryl methyl sites for hydroxylation is 1. The van der Waals surface area contributed by atoms with Crippen molar-refractivity contribution in [2.45, 2.75) is 6.92 Å². The van der Waals surface area contributed by atoms with E-state index >= 15 is 0 Å². The number of nitrogens with one attached hydrogen (secondary N) is 1. The van der Waals surface area contributed by atoms with Crippen molar-refractivity contribution < 1.29 is 14.1 Å². The molecule has 2 aromatic rings. The first-order valence-corrected chi connectivity index (χ1v) is 8.98. The second-order valence-electron chi connectivity index (χ2n) is 6.38. The first-order valence-electron chi connectivity index (χ1n) is 8.57. The highest BCUT2D eigenvalue weighted by Gasteiger charge is 2.23. The maximum atomic E-state index is 12.6. The number of carbonyl (C=O) groups is 2. The van der Waals surface area contributed by atoms with Crippen molar-refractivity contribution in [1.82, 2.24) is 15.0 Å². The molecule has 0 radical (unpaired) electrons. The van der Waals surface area contributed by atoms with Gasteiger partial charge in [0.05, 0.1) is 6.54 Å². The maximum Gasteiger partial charge on any atom is 0.253 e. The van der Waals surface area contributed by atoms with Crippen molar-refractivity contribution in [2.75, 3.05) is 38.0 Å². The Bertz CT molecular complexity index is 841. The number of anilines is 1.